The fraction of sp³-hybridized carbons (Fsp3) is 0.333. The van der Waals surface area contributed by atoms with Crippen LogP contribution in [-0.4, -0.2) is 115 Å². The summed E-state index contributed by atoms with van der Waals surface area (Å²) < 4.78 is 10.5. The number of imide groups is 1. The second-order valence-electron chi connectivity index (χ2n) is 11.7. The Morgan fingerprint density at radius 3 is 2.44 bits per heavy atom. The molecule has 3 atom stereocenters. The highest BCUT2D eigenvalue weighted by atomic mass is 35.5. The number of oxime groups is 1. The van der Waals surface area contributed by atoms with Crippen molar-refractivity contribution in [3.63, 3.8) is 0 Å². The normalized spacial score (nSPS) is 18.4. The Morgan fingerprint density at radius 2 is 1.81 bits per heavy atom. The largest absolute Gasteiger partial charge is 0.481 e. The summed E-state index contributed by atoms with van der Waals surface area (Å²) in [4.78, 5) is 109. The lowest BCUT2D eigenvalue weighted by atomic mass is 9.89. The summed E-state index contributed by atoms with van der Waals surface area (Å²) in [6.07, 6.45) is 0. The fourth-order valence-corrected chi connectivity index (χ4v) is 9.13. The Bertz CT molecular complexity index is 2130. The van der Waals surface area contributed by atoms with E-state index >= 15 is 0 Å². The molecular formula is C30H31ClN10O12S4. The molecule has 0 bridgehead atoms. The first-order valence-corrected chi connectivity index (χ1v) is 19.5. The van der Waals surface area contributed by atoms with E-state index in [9.17, 15) is 43.5 Å². The lowest BCUT2D eigenvalue weighted by Crippen LogP contribution is -2.74. The van der Waals surface area contributed by atoms with Gasteiger partial charge in [-0.3, -0.25) is 44.3 Å². The number of aliphatic carboxylic acids is 1. The van der Waals surface area contributed by atoms with Gasteiger partial charge in [0.25, 0.3) is 17.7 Å². The molecule has 2 unspecified atom stereocenters. The van der Waals surface area contributed by atoms with Gasteiger partial charge in [0.15, 0.2) is 33.3 Å². The first-order chi connectivity index (χ1) is 26.5. The minimum absolute atomic E-state index is 0. The number of benzene rings is 1. The summed E-state index contributed by atoms with van der Waals surface area (Å²) in [7, 11) is 0. The van der Waals surface area contributed by atoms with Gasteiger partial charge < -0.3 is 35.4 Å². The second-order valence-corrected chi connectivity index (χ2v) is 16.1. The van der Waals surface area contributed by atoms with Crippen LogP contribution in [0, 0.1) is 12.3 Å². The highest BCUT2D eigenvalue weighted by Crippen LogP contribution is 2.44. The molecule has 27 heteroatoms. The van der Waals surface area contributed by atoms with Crippen molar-refractivity contribution >= 4 is 117 Å². The number of nitrogens with one attached hydrogen (secondary N) is 4. The molecule has 3 aromatic rings. The molecule has 5 rings (SSSR count). The number of thiazole rings is 1. The van der Waals surface area contributed by atoms with Crippen LogP contribution in [0.1, 0.15) is 34.9 Å². The van der Waals surface area contributed by atoms with Crippen molar-refractivity contribution in [1.29, 1.82) is 0 Å². The number of rotatable bonds is 13. The van der Waals surface area contributed by atoms with E-state index in [0.717, 1.165) is 36.3 Å². The number of fused-ring (bicyclic) bond motifs is 1. The molecule has 304 valence electrons. The van der Waals surface area contributed by atoms with E-state index in [1.54, 1.807) is 6.92 Å². The molecule has 2 aliphatic rings. The third-order valence-electron chi connectivity index (χ3n) is 7.45. The maximum Gasteiger partial charge on any atom is 0.340 e. The number of hydrogen-bond acceptors (Lipinski definition) is 20. The number of hydrogen-bond donors (Lipinski definition) is 6. The number of nitrogen functional groups attached to an aromatic ring is 1. The van der Waals surface area contributed by atoms with Gasteiger partial charge in [-0.2, -0.15) is 0 Å². The molecule has 7 N–H and O–H groups in total. The number of carbonyl (C=O) groups is 8. The molecule has 2 aromatic heterocycles. The van der Waals surface area contributed by atoms with Crippen LogP contribution in [0.5, 0.6) is 11.5 Å². The van der Waals surface area contributed by atoms with Crippen molar-refractivity contribution in [2.24, 2.45) is 10.6 Å². The Kier molecular flexibility index (Phi) is 14.8. The van der Waals surface area contributed by atoms with Gasteiger partial charge in [-0.15, -0.1) is 45.7 Å². The molecule has 0 radical (unpaired) electrons. The number of urea groups is 1. The molecule has 22 nitrogen and oxygen atoms in total. The standard InChI is InChI=1S/C30H30N10O12S4.ClH/c1-12-35-38-29(56-12)55-11-30(26(47)48)9-40-24(46)21(25(40)54-10-30)33-23(45)20(16-8-53-27(31)32-16)39-50-7-19(43)36-37-28(49)34-22(44)15-4-5-17(51-13(2)41)18(6-15)52-14(3)42;/h4-6,8,21,25H,7,9-11H2,1-3H3,(H2,31,32)(H,33,45)(H,36,43)(H,47,48)(H2,34,37,44,49);1H/t21?,25-,30?;/m1./s1. The first-order valence-electron chi connectivity index (χ1n) is 15.8. The topological polar surface area (TPSA) is 313 Å². The monoisotopic (exact) mass is 886 g/mol. The molecule has 2 fully saturated rings. The highest BCUT2D eigenvalue weighted by molar-refractivity contribution is 8.01. The summed E-state index contributed by atoms with van der Waals surface area (Å²) in [6.45, 7) is 3.05. The number of nitrogens with zero attached hydrogens (tertiary/aromatic N) is 5. The minimum atomic E-state index is -1.27. The van der Waals surface area contributed by atoms with Gasteiger partial charge in [0.05, 0.1) is 0 Å². The van der Waals surface area contributed by atoms with Crippen LogP contribution in [0.15, 0.2) is 33.1 Å². The number of nitrogens with two attached hydrogens (primary N) is 1. The van der Waals surface area contributed by atoms with E-state index in [2.05, 4.69) is 25.7 Å². The average Bonchev–Trinajstić information content (AvgIpc) is 3.77. The predicted molar refractivity (Wildman–Crippen MR) is 205 cm³/mol. The number of esters is 2. The van der Waals surface area contributed by atoms with Crippen LogP contribution >= 0.6 is 58.6 Å². The van der Waals surface area contributed by atoms with Crippen LogP contribution in [-0.2, 0) is 33.6 Å². The third kappa shape index (κ3) is 11.1. The Hall–Kier alpha value is -5.57. The number of carbonyl (C=O) groups excluding carboxylic acids is 7. The van der Waals surface area contributed by atoms with E-state index in [4.69, 9.17) is 20.0 Å². The number of thioether (sulfide) groups is 2. The number of carboxylic acid groups (broad SMARTS) is 1. The SMILES string of the molecule is CC(=O)Oc1ccc(C(=O)NC(=O)NNC(=O)CON=C(C(=O)NC2C(=O)N3CC(CSc4nnc(C)s4)(C(=O)O)CS[C@H]23)c2csc(N)n2)cc1OC(C)=O.Cl. The molecule has 4 heterocycles. The molecule has 0 aliphatic carbocycles. The Balaban J connectivity index is 0.00000720. The summed E-state index contributed by atoms with van der Waals surface area (Å²) in [5.74, 6) is -6.05. The summed E-state index contributed by atoms with van der Waals surface area (Å²) in [5, 5.41) is 27.9. The van der Waals surface area contributed by atoms with Gasteiger partial charge in [-0.1, -0.05) is 28.3 Å². The molecule has 1 aromatic carbocycles. The van der Waals surface area contributed by atoms with Crippen molar-refractivity contribution in [1.82, 2.24) is 41.6 Å². The predicted octanol–water partition coefficient (Wildman–Crippen LogP) is 0.312. The zero-order chi connectivity index (χ0) is 40.7. The van der Waals surface area contributed by atoms with Gasteiger partial charge in [0, 0.05) is 42.8 Å². The average molecular weight is 887 g/mol. The molecule has 2 aliphatic heterocycles. The molecule has 6 amide bonds. The number of aromatic nitrogens is 3. The summed E-state index contributed by atoms with van der Waals surface area (Å²) in [6, 6.07) is 1.18. The number of aryl methyl sites for hydroxylation is 1. The van der Waals surface area contributed by atoms with Crippen molar-refractivity contribution in [3.05, 3.63) is 39.8 Å². The Labute approximate surface area is 343 Å². The van der Waals surface area contributed by atoms with E-state index in [0.29, 0.717) is 4.34 Å². The van der Waals surface area contributed by atoms with E-state index in [-0.39, 0.29) is 58.3 Å². The molecule has 0 saturated carbocycles. The van der Waals surface area contributed by atoms with Crippen molar-refractivity contribution in [2.45, 2.75) is 36.5 Å². The van der Waals surface area contributed by atoms with Crippen LogP contribution in [0.25, 0.3) is 0 Å². The number of hydrazine groups is 1. The lowest BCUT2D eigenvalue weighted by Gasteiger charge is -2.53. The fourth-order valence-electron chi connectivity index (χ4n) is 4.90. The van der Waals surface area contributed by atoms with Gasteiger partial charge >= 0.3 is 23.9 Å². The van der Waals surface area contributed by atoms with Crippen molar-refractivity contribution < 1.29 is 57.8 Å². The van der Waals surface area contributed by atoms with Gasteiger partial charge in [0.1, 0.15) is 27.5 Å². The smallest absolute Gasteiger partial charge is 0.340 e. The maximum atomic E-state index is 13.4. The molecule has 0 spiro atoms. The zero-order valence-electron chi connectivity index (χ0n) is 29.6. The van der Waals surface area contributed by atoms with Crippen LogP contribution in [0.2, 0.25) is 0 Å². The van der Waals surface area contributed by atoms with Gasteiger partial charge in [-0.25, -0.2) is 15.2 Å². The number of amides is 6. The maximum absolute atomic E-state index is 13.4. The van der Waals surface area contributed by atoms with Crippen molar-refractivity contribution in [2.75, 3.05) is 30.4 Å². The molecule has 57 heavy (non-hydrogen) atoms. The Morgan fingerprint density at radius 1 is 1.09 bits per heavy atom. The number of ether oxygens (including phenoxy) is 2. The van der Waals surface area contributed by atoms with Gasteiger partial charge in [-0.05, 0) is 25.1 Å². The minimum Gasteiger partial charge on any atom is -0.481 e. The number of carboxylic acids is 1. The van der Waals surface area contributed by atoms with Crippen LogP contribution < -0.4 is 36.7 Å². The number of β-lactam (4-membered cyclic amide) rings is 1. The summed E-state index contributed by atoms with van der Waals surface area (Å²) >= 11 is 4.76. The first kappa shape index (κ1) is 44.1. The highest BCUT2D eigenvalue weighted by Gasteiger charge is 2.57. The lowest BCUT2D eigenvalue weighted by molar-refractivity contribution is -0.157. The van der Waals surface area contributed by atoms with E-state index in [1.807, 2.05) is 16.2 Å². The van der Waals surface area contributed by atoms with Crippen LogP contribution in [0.4, 0.5) is 9.93 Å². The quantitative estimate of drug-likeness (QED) is 0.0336. The van der Waals surface area contributed by atoms with Crippen molar-refractivity contribution in [3.8, 4) is 11.5 Å². The van der Waals surface area contributed by atoms with Crippen LogP contribution in [0.3, 0.4) is 0 Å². The second kappa shape index (κ2) is 19.0. The molecule has 2 saturated heterocycles. The van der Waals surface area contributed by atoms with E-state index in [1.165, 1.54) is 57.3 Å². The number of anilines is 1. The van der Waals surface area contributed by atoms with Gasteiger partial charge in [0.2, 0.25) is 5.91 Å². The van der Waals surface area contributed by atoms with E-state index < -0.39 is 76.7 Å². The third-order valence-corrected chi connectivity index (χ3v) is 12.0. The number of halogens is 1. The molecular weight excluding hydrogens is 856 g/mol. The summed E-state index contributed by atoms with van der Waals surface area (Å²) in [5.41, 5.74) is 7.70. The zero-order valence-corrected chi connectivity index (χ0v) is 33.7.